The molecule has 0 aliphatic carbocycles. The summed E-state index contributed by atoms with van der Waals surface area (Å²) in [6, 6.07) is 0.613. The van der Waals surface area contributed by atoms with E-state index in [9.17, 15) is 4.79 Å². The van der Waals surface area contributed by atoms with E-state index in [-0.39, 0.29) is 5.91 Å². The van der Waals surface area contributed by atoms with Crippen LogP contribution in [0.1, 0.15) is 33.1 Å². The molecule has 0 aromatic rings. The first-order valence-corrected chi connectivity index (χ1v) is 5.34. The van der Waals surface area contributed by atoms with Crippen molar-refractivity contribution in [2.24, 2.45) is 0 Å². The average Bonchev–Trinajstić information content (AvgIpc) is 2.55. The van der Waals surface area contributed by atoms with Gasteiger partial charge in [0.1, 0.15) is 0 Å². The molecule has 14 heavy (non-hydrogen) atoms. The van der Waals surface area contributed by atoms with Gasteiger partial charge in [0.2, 0.25) is 5.91 Å². The van der Waals surface area contributed by atoms with E-state index in [1.807, 2.05) is 13.8 Å². The van der Waals surface area contributed by atoms with Crippen molar-refractivity contribution in [3.8, 4) is 0 Å². The number of rotatable bonds is 4. The van der Waals surface area contributed by atoms with Crippen molar-refractivity contribution in [2.45, 2.75) is 39.2 Å². The molecule has 1 aliphatic rings. The molecule has 1 amide bonds. The fraction of sp³-hybridized carbons (Fsp3) is 0.727. The van der Waals surface area contributed by atoms with Gasteiger partial charge in [-0.2, -0.15) is 0 Å². The monoisotopic (exact) mass is 196 g/mol. The van der Waals surface area contributed by atoms with E-state index in [0.29, 0.717) is 6.04 Å². The maximum atomic E-state index is 11.2. The first-order valence-electron chi connectivity index (χ1n) is 5.34. The summed E-state index contributed by atoms with van der Waals surface area (Å²) < 4.78 is 0. The van der Waals surface area contributed by atoms with Gasteiger partial charge in [-0.1, -0.05) is 5.57 Å². The molecular weight excluding hydrogens is 176 g/mol. The number of allylic oxidation sites excluding steroid dienone is 1. The Balaban J connectivity index is 2.08. The highest BCUT2D eigenvalue weighted by molar-refractivity contribution is 5.87. The highest BCUT2D eigenvalue weighted by Crippen LogP contribution is 2.07. The van der Waals surface area contributed by atoms with Gasteiger partial charge in [-0.3, -0.25) is 4.79 Å². The van der Waals surface area contributed by atoms with Crippen LogP contribution in [-0.2, 0) is 4.79 Å². The molecule has 1 atom stereocenters. The van der Waals surface area contributed by atoms with Crippen LogP contribution in [0.4, 0.5) is 0 Å². The normalized spacial score (nSPS) is 20.6. The van der Waals surface area contributed by atoms with Crippen LogP contribution in [0.3, 0.4) is 0 Å². The number of hydrogen-bond donors (Lipinski definition) is 2. The van der Waals surface area contributed by atoms with E-state index in [1.54, 1.807) is 6.08 Å². The first-order chi connectivity index (χ1) is 6.68. The summed E-state index contributed by atoms with van der Waals surface area (Å²) in [6.07, 6.45) is 5.20. The molecule has 0 bridgehead atoms. The van der Waals surface area contributed by atoms with Crippen molar-refractivity contribution in [3.63, 3.8) is 0 Å². The van der Waals surface area contributed by atoms with Gasteiger partial charge in [-0.05, 0) is 39.7 Å². The van der Waals surface area contributed by atoms with Gasteiger partial charge in [0, 0.05) is 18.7 Å². The number of hydrogen-bond acceptors (Lipinski definition) is 2. The Morgan fingerprint density at radius 1 is 1.57 bits per heavy atom. The van der Waals surface area contributed by atoms with Crippen LogP contribution < -0.4 is 10.6 Å². The minimum atomic E-state index is 0.0306. The zero-order chi connectivity index (χ0) is 10.4. The van der Waals surface area contributed by atoms with E-state index in [4.69, 9.17) is 0 Å². The summed E-state index contributed by atoms with van der Waals surface area (Å²) in [5.74, 6) is 0.0306. The van der Waals surface area contributed by atoms with E-state index in [2.05, 4.69) is 10.6 Å². The summed E-state index contributed by atoms with van der Waals surface area (Å²) in [7, 11) is 0. The molecule has 0 spiro atoms. The number of amides is 1. The van der Waals surface area contributed by atoms with Gasteiger partial charge in [0.25, 0.3) is 0 Å². The highest BCUT2D eigenvalue weighted by atomic mass is 16.1. The first kappa shape index (κ1) is 11.2. The lowest BCUT2D eigenvalue weighted by atomic mass is 10.1. The van der Waals surface area contributed by atoms with Gasteiger partial charge in [-0.25, -0.2) is 0 Å². The van der Waals surface area contributed by atoms with Crippen LogP contribution >= 0.6 is 0 Å². The predicted molar refractivity (Wildman–Crippen MR) is 58.1 cm³/mol. The summed E-state index contributed by atoms with van der Waals surface area (Å²) >= 11 is 0. The van der Waals surface area contributed by atoms with Crippen LogP contribution in [0.5, 0.6) is 0 Å². The number of carbonyl (C=O) groups is 1. The maximum absolute atomic E-state index is 11.2. The Morgan fingerprint density at radius 3 is 2.93 bits per heavy atom. The van der Waals surface area contributed by atoms with Crippen molar-refractivity contribution in [3.05, 3.63) is 11.6 Å². The minimum absolute atomic E-state index is 0.0306. The molecule has 3 heteroatoms. The van der Waals surface area contributed by atoms with Crippen molar-refractivity contribution in [1.29, 1.82) is 0 Å². The van der Waals surface area contributed by atoms with Crippen LogP contribution in [-0.4, -0.2) is 25.0 Å². The number of carbonyl (C=O) groups excluding carboxylic acids is 1. The van der Waals surface area contributed by atoms with Crippen molar-refractivity contribution in [2.75, 3.05) is 13.1 Å². The zero-order valence-corrected chi connectivity index (χ0v) is 9.10. The third kappa shape index (κ3) is 4.42. The second kappa shape index (κ2) is 5.81. The van der Waals surface area contributed by atoms with Crippen LogP contribution in [0, 0.1) is 0 Å². The lowest BCUT2D eigenvalue weighted by molar-refractivity contribution is -0.116. The van der Waals surface area contributed by atoms with Crippen LogP contribution in [0.15, 0.2) is 11.6 Å². The van der Waals surface area contributed by atoms with E-state index in [1.165, 1.54) is 12.8 Å². The Bertz CT molecular complexity index is 213. The molecule has 0 aromatic heterocycles. The Kier molecular flexibility index (Phi) is 4.66. The van der Waals surface area contributed by atoms with Crippen molar-refractivity contribution in [1.82, 2.24) is 10.6 Å². The predicted octanol–water partition coefficient (Wildman–Crippen LogP) is 1.21. The summed E-state index contributed by atoms with van der Waals surface area (Å²) in [5.41, 5.74) is 1.04. The third-order valence-electron chi connectivity index (χ3n) is 2.37. The molecule has 1 heterocycles. The molecular formula is C11H20N2O. The Hall–Kier alpha value is -0.830. The average molecular weight is 196 g/mol. The van der Waals surface area contributed by atoms with Crippen LogP contribution in [0.2, 0.25) is 0 Å². The highest BCUT2D eigenvalue weighted by Gasteiger charge is 2.12. The fourth-order valence-electron chi connectivity index (χ4n) is 1.69. The molecule has 3 nitrogen and oxygen atoms in total. The third-order valence-corrected chi connectivity index (χ3v) is 2.37. The molecule has 2 N–H and O–H groups in total. The molecule has 0 radical (unpaired) electrons. The summed E-state index contributed by atoms with van der Waals surface area (Å²) in [6.45, 7) is 5.77. The molecule has 0 saturated carbocycles. The van der Waals surface area contributed by atoms with Crippen molar-refractivity contribution < 1.29 is 4.79 Å². The smallest absolute Gasteiger partial charge is 0.243 e. The van der Waals surface area contributed by atoms with Crippen molar-refractivity contribution >= 4 is 5.91 Å². The van der Waals surface area contributed by atoms with E-state index < -0.39 is 0 Å². The van der Waals surface area contributed by atoms with E-state index >= 15 is 0 Å². The maximum Gasteiger partial charge on any atom is 0.243 e. The Labute approximate surface area is 86.0 Å². The molecule has 0 aromatic carbocycles. The molecule has 1 fully saturated rings. The summed E-state index contributed by atoms with van der Waals surface area (Å²) in [4.78, 5) is 11.2. The van der Waals surface area contributed by atoms with Gasteiger partial charge >= 0.3 is 0 Å². The molecule has 1 aliphatic heterocycles. The van der Waals surface area contributed by atoms with Gasteiger partial charge in [0.05, 0.1) is 0 Å². The summed E-state index contributed by atoms with van der Waals surface area (Å²) in [5, 5.41) is 6.29. The second-order valence-corrected chi connectivity index (χ2v) is 4.09. The molecule has 1 saturated heterocycles. The molecule has 1 rings (SSSR count). The second-order valence-electron chi connectivity index (χ2n) is 4.09. The molecule has 1 unspecified atom stereocenters. The van der Waals surface area contributed by atoms with Crippen LogP contribution in [0.25, 0.3) is 0 Å². The van der Waals surface area contributed by atoms with Gasteiger partial charge in [-0.15, -0.1) is 0 Å². The largest absolute Gasteiger partial charge is 0.352 e. The Morgan fingerprint density at radius 2 is 2.36 bits per heavy atom. The fourth-order valence-corrected chi connectivity index (χ4v) is 1.69. The SMILES string of the molecule is CC(C)=CC(=O)NCCC1CCCN1. The standard InChI is InChI=1S/C11H20N2O/c1-9(2)8-11(14)13-7-5-10-4-3-6-12-10/h8,10,12H,3-7H2,1-2H3,(H,13,14). The lowest BCUT2D eigenvalue weighted by Crippen LogP contribution is -2.29. The lowest BCUT2D eigenvalue weighted by Gasteiger charge is -2.09. The van der Waals surface area contributed by atoms with E-state index in [0.717, 1.165) is 25.1 Å². The molecule has 80 valence electrons. The number of nitrogens with one attached hydrogen (secondary N) is 2. The topological polar surface area (TPSA) is 41.1 Å². The van der Waals surface area contributed by atoms with Gasteiger partial charge < -0.3 is 10.6 Å². The zero-order valence-electron chi connectivity index (χ0n) is 9.10. The minimum Gasteiger partial charge on any atom is -0.352 e. The van der Waals surface area contributed by atoms with Gasteiger partial charge in [0.15, 0.2) is 0 Å². The quantitative estimate of drug-likeness (QED) is 0.664.